The summed E-state index contributed by atoms with van der Waals surface area (Å²) in [4.78, 5) is 14.8. The van der Waals surface area contributed by atoms with Crippen molar-refractivity contribution in [3.8, 4) is 0 Å². The van der Waals surface area contributed by atoms with E-state index in [1.807, 2.05) is 4.90 Å². The monoisotopic (exact) mass is 306 g/mol. The van der Waals surface area contributed by atoms with Crippen LogP contribution in [0.3, 0.4) is 0 Å². The zero-order chi connectivity index (χ0) is 13.6. The van der Waals surface area contributed by atoms with Crippen molar-refractivity contribution in [2.75, 3.05) is 24.5 Å². The van der Waals surface area contributed by atoms with E-state index in [-0.39, 0.29) is 17.8 Å². The molecule has 0 unspecified atom stereocenters. The first-order chi connectivity index (χ1) is 9.78. The molecule has 4 heteroatoms. The quantitative estimate of drug-likeness (QED) is 0.910. The first-order valence-corrected chi connectivity index (χ1v) is 7.91. The SMILES string of the molecule is Cl.O=C1N(c2ccc(C3CC3)cc2)CCC12CCNCC2. The van der Waals surface area contributed by atoms with Gasteiger partial charge in [0.25, 0.3) is 0 Å². The van der Waals surface area contributed by atoms with Gasteiger partial charge < -0.3 is 10.2 Å². The van der Waals surface area contributed by atoms with Gasteiger partial charge in [-0.05, 0) is 68.8 Å². The van der Waals surface area contributed by atoms with E-state index in [2.05, 4.69) is 29.6 Å². The lowest BCUT2D eigenvalue weighted by Crippen LogP contribution is -2.42. The normalized spacial score (nSPS) is 24.2. The highest BCUT2D eigenvalue weighted by Crippen LogP contribution is 2.43. The fraction of sp³-hybridized carbons (Fsp3) is 0.588. The van der Waals surface area contributed by atoms with Gasteiger partial charge in [0, 0.05) is 12.2 Å². The van der Waals surface area contributed by atoms with Gasteiger partial charge in [-0.1, -0.05) is 12.1 Å². The maximum absolute atomic E-state index is 12.8. The molecular weight excluding hydrogens is 284 g/mol. The number of amides is 1. The van der Waals surface area contributed by atoms with E-state index < -0.39 is 0 Å². The van der Waals surface area contributed by atoms with E-state index >= 15 is 0 Å². The highest BCUT2D eigenvalue weighted by molar-refractivity contribution is 6.00. The van der Waals surface area contributed by atoms with Gasteiger partial charge >= 0.3 is 0 Å². The van der Waals surface area contributed by atoms with Gasteiger partial charge in [-0.3, -0.25) is 4.79 Å². The number of piperidine rings is 1. The number of benzene rings is 1. The van der Waals surface area contributed by atoms with Crippen LogP contribution in [0.1, 0.15) is 43.6 Å². The number of halogens is 1. The summed E-state index contributed by atoms with van der Waals surface area (Å²) in [5.74, 6) is 1.15. The van der Waals surface area contributed by atoms with Gasteiger partial charge in [0.05, 0.1) is 5.41 Å². The van der Waals surface area contributed by atoms with Gasteiger partial charge in [-0.2, -0.15) is 0 Å². The number of rotatable bonds is 2. The van der Waals surface area contributed by atoms with Crippen molar-refractivity contribution in [1.29, 1.82) is 0 Å². The number of nitrogens with zero attached hydrogens (tertiary/aromatic N) is 1. The molecule has 3 fully saturated rings. The third kappa shape index (κ3) is 2.58. The number of hydrogen-bond donors (Lipinski definition) is 1. The van der Waals surface area contributed by atoms with Crippen molar-refractivity contribution in [3.05, 3.63) is 29.8 Å². The molecule has 0 bridgehead atoms. The van der Waals surface area contributed by atoms with Crippen LogP contribution in [0.2, 0.25) is 0 Å². The molecule has 1 amide bonds. The van der Waals surface area contributed by atoms with Gasteiger partial charge in [0.1, 0.15) is 0 Å². The van der Waals surface area contributed by atoms with Gasteiger partial charge in [-0.25, -0.2) is 0 Å². The lowest BCUT2D eigenvalue weighted by Gasteiger charge is -2.32. The Labute approximate surface area is 132 Å². The number of carbonyl (C=O) groups excluding carboxylic acids is 1. The minimum atomic E-state index is -0.0690. The van der Waals surface area contributed by atoms with E-state index in [1.54, 1.807) is 0 Å². The summed E-state index contributed by atoms with van der Waals surface area (Å²) >= 11 is 0. The number of hydrogen-bond acceptors (Lipinski definition) is 2. The predicted octanol–water partition coefficient (Wildman–Crippen LogP) is 3.09. The Morgan fingerprint density at radius 2 is 1.71 bits per heavy atom. The van der Waals surface area contributed by atoms with Gasteiger partial charge in [-0.15, -0.1) is 12.4 Å². The van der Waals surface area contributed by atoms with E-state index in [1.165, 1.54) is 18.4 Å². The molecular formula is C17H23ClN2O. The molecule has 0 radical (unpaired) electrons. The molecule has 2 heterocycles. The molecule has 114 valence electrons. The Kier molecular flexibility index (Phi) is 3.98. The molecule has 4 rings (SSSR count). The largest absolute Gasteiger partial charge is 0.317 e. The number of anilines is 1. The minimum Gasteiger partial charge on any atom is -0.317 e. The van der Waals surface area contributed by atoms with Crippen LogP contribution >= 0.6 is 12.4 Å². The van der Waals surface area contributed by atoms with Crippen LogP contribution in [0.5, 0.6) is 0 Å². The standard InChI is InChI=1S/C17H22N2O.ClH/c20-16-17(7-10-18-11-8-17)9-12-19(16)15-5-3-14(4-6-15)13-1-2-13;/h3-6,13,18H,1-2,7-12H2;1H. The minimum absolute atomic E-state index is 0. The molecule has 3 aliphatic rings. The predicted molar refractivity (Wildman–Crippen MR) is 87.2 cm³/mol. The van der Waals surface area contributed by atoms with Crippen molar-refractivity contribution in [2.45, 2.75) is 38.0 Å². The molecule has 21 heavy (non-hydrogen) atoms. The zero-order valence-electron chi connectivity index (χ0n) is 12.3. The lowest BCUT2D eigenvalue weighted by molar-refractivity contribution is -0.126. The Morgan fingerprint density at radius 3 is 2.33 bits per heavy atom. The van der Waals surface area contributed by atoms with E-state index in [0.717, 1.165) is 50.5 Å². The van der Waals surface area contributed by atoms with Crippen molar-refractivity contribution in [2.24, 2.45) is 5.41 Å². The Balaban J connectivity index is 0.00000132. The van der Waals surface area contributed by atoms with E-state index in [9.17, 15) is 4.79 Å². The van der Waals surface area contributed by atoms with E-state index in [0.29, 0.717) is 5.91 Å². The molecule has 1 N–H and O–H groups in total. The molecule has 1 aromatic rings. The maximum Gasteiger partial charge on any atom is 0.233 e. The lowest BCUT2D eigenvalue weighted by atomic mass is 9.78. The van der Waals surface area contributed by atoms with Crippen LogP contribution in [-0.4, -0.2) is 25.5 Å². The highest BCUT2D eigenvalue weighted by Gasteiger charge is 2.47. The number of carbonyl (C=O) groups is 1. The Morgan fingerprint density at radius 1 is 1.05 bits per heavy atom. The van der Waals surface area contributed by atoms with Crippen LogP contribution in [0.25, 0.3) is 0 Å². The Bertz CT molecular complexity index is 518. The summed E-state index contributed by atoms with van der Waals surface area (Å²) in [6, 6.07) is 8.72. The summed E-state index contributed by atoms with van der Waals surface area (Å²) in [5.41, 5.74) is 2.47. The van der Waals surface area contributed by atoms with Crippen LogP contribution in [0, 0.1) is 5.41 Å². The zero-order valence-corrected chi connectivity index (χ0v) is 13.1. The summed E-state index contributed by atoms with van der Waals surface area (Å²) < 4.78 is 0. The van der Waals surface area contributed by atoms with Crippen LogP contribution in [-0.2, 0) is 4.79 Å². The fourth-order valence-electron chi connectivity index (χ4n) is 3.78. The average molecular weight is 307 g/mol. The first kappa shape index (κ1) is 14.9. The molecule has 1 aliphatic carbocycles. The second-order valence-corrected chi connectivity index (χ2v) is 6.60. The topological polar surface area (TPSA) is 32.3 Å². The van der Waals surface area contributed by atoms with E-state index in [4.69, 9.17) is 0 Å². The molecule has 0 atom stereocenters. The van der Waals surface area contributed by atoms with Crippen LogP contribution in [0.15, 0.2) is 24.3 Å². The van der Waals surface area contributed by atoms with Gasteiger partial charge in [0.2, 0.25) is 5.91 Å². The molecule has 3 nitrogen and oxygen atoms in total. The van der Waals surface area contributed by atoms with Crippen LogP contribution in [0.4, 0.5) is 5.69 Å². The summed E-state index contributed by atoms with van der Waals surface area (Å²) in [6.07, 6.45) is 5.69. The first-order valence-electron chi connectivity index (χ1n) is 7.91. The van der Waals surface area contributed by atoms with Crippen molar-refractivity contribution in [3.63, 3.8) is 0 Å². The summed E-state index contributed by atoms with van der Waals surface area (Å²) in [5, 5.41) is 3.37. The summed E-state index contributed by atoms with van der Waals surface area (Å²) in [7, 11) is 0. The van der Waals surface area contributed by atoms with Crippen molar-refractivity contribution in [1.82, 2.24) is 5.32 Å². The molecule has 1 spiro atoms. The Hall–Kier alpha value is -1.06. The smallest absolute Gasteiger partial charge is 0.233 e. The molecule has 0 aromatic heterocycles. The molecule has 1 saturated carbocycles. The third-order valence-electron chi connectivity index (χ3n) is 5.33. The third-order valence-corrected chi connectivity index (χ3v) is 5.33. The average Bonchev–Trinajstić information content (AvgIpc) is 3.29. The van der Waals surface area contributed by atoms with Gasteiger partial charge in [0.15, 0.2) is 0 Å². The number of nitrogens with one attached hydrogen (secondary N) is 1. The molecule has 2 saturated heterocycles. The van der Waals surface area contributed by atoms with Crippen LogP contribution < -0.4 is 10.2 Å². The molecule has 1 aromatic carbocycles. The molecule has 2 aliphatic heterocycles. The van der Waals surface area contributed by atoms with Crippen molar-refractivity contribution < 1.29 is 4.79 Å². The summed E-state index contributed by atoms with van der Waals surface area (Å²) in [6.45, 7) is 2.86. The fourth-order valence-corrected chi connectivity index (χ4v) is 3.78. The second-order valence-electron chi connectivity index (χ2n) is 6.60. The van der Waals surface area contributed by atoms with Crippen molar-refractivity contribution >= 4 is 24.0 Å². The highest BCUT2D eigenvalue weighted by atomic mass is 35.5. The second kappa shape index (κ2) is 5.62. The maximum atomic E-state index is 12.8.